The van der Waals surface area contributed by atoms with E-state index in [0.717, 1.165) is 32.4 Å². The minimum atomic E-state index is 0. The van der Waals surface area contributed by atoms with E-state index in [4.69, 9.17) is 4.74 Å². The molecule has 4 unspecified atom stereocenters. The molecule has 0 radical (unpaired) electrons. The van der Waals surface area contributed by atoms with Crippen molar-refractivity contribution >= 4 is 18.3 Å². The minimum absolute atomic E-state index is 0. The average molecular weight is 277 g/mol. The Labute approximate surface area is 116 Å². The lowest BCUT2D eigenvalue weighted by Crippen LogP contribution is -2.56. The first-order chi connectivity index (χ1) is 8.16. The van der Waals surface area contributed by atoms with Crippen LogP contribution in [0, 0.1) is 5.92 Å². The fourth-order valence-electron chi connectivity index (χ4n) is 2.86. The van der Waals surface area contributed by atoms with E-state index in [-0.39, 0.29) is 30.5 Å². The zero-order valence-corrected chi connectivity index (χ0v) is 12.1. The van der Waals surface area contributed by atoms with E-state index in [1.807, 2.05) is 0 Å². The summed E-state index contributed by atoms with van der Waals surface area (Å²) >= 11 is 0. The molecule has 2 fully saturated rings. The molecule has 106 valence electrons. The molecule has 2 N–H and O–H groups in total. The number of halogens is 1. The fraction of sp³-hybridized carbons (Fsp3) is 0.923. The molecule has 0 spiro atoms. The van der Waals surface area contributed by atoms with Crippen LogP contribution in [0.3, 0.4) is 0 Å². The molecular formula is C13H25ClN2O2. The van der Waals surface area contributed by atoms with Gasteiger partial charge >= 0.3 is 0 Å². The Morgan fingerprint density at radius 1 is 1.39 bits per heavy atom. The van der Waals surface area contributed by atoms with Gasteiger partial charge in [0.1, 0.15) is 0 Å². The Morgan fingerprint density at radius 2 is 2.17 bits per heavy atom. The highest BCUT2D eigenvalue weighted by Crippen LogP contribution is 2.18. The van der Waals surface area contributed by atoms with Crippen LogP contribution < -0.4 is 10.6 Å². The molecule has 2 heterocycles. The number of hydrogen-bond donors (Lipinski definition) is 2. The van der Waals surface area contributed by atoms with E-state index >= 15 is 0 Å². The smallest absolute Gasteiger partial charge is 0.222 e. The van der Waals surface area contributed by atoms with E-state index in [1.54, 1.807) is 0 Å². The van der Waals surface area contributed by atoms with Crippen LogP contribution >= 0.6 is 12.4 Å². The maximum atomic E-state index is 11.9. The summed E-state index contributed by atoms with van der Waals surface area (Å²) in [5.74, 6) is 0.698. The monoisotopic (exact) mass is 276 g/mol. The van der Waals surface area contributed by atoms with Crippen LogP contribution in [0.25, 0.3) is 0 Å². The Morgan fingerprint density at radius 3 is 2.78 bits per heavy atom. The van der Waals surface area contributed by atoms with Crippen molar-refractivity contribution in [1.29, 1.82) is 0 Å². The predicted molar refractivity (Wildman–Crippen MR) is 74.0 cm³/mol. The minimum Gasteiger partial charge on any atom is -0.378 e. The molecule has 2 aliphatic rings. The number of hydrogen-bond acceptors (Lipinski definition) is 3. The molecule has 2 aliphatic heterocycles. The first-order valence-electron chi connectivity index (χ1n) is 6.81. The molecular weight excluding hydrogens is 252 g/mol. The lowest BCUT2D eigenvalue weighted by Gasteiger charge is -2.36. The summed E-state index contributed by atoms with van der Waals surface area (Å²) in [5.41, 5.74) is 0. The van der Waals surface area contributed by atoms with Crippen molar-refractivity contribution in [3.63, 3.8) is 0 Å². The van der Waals surface area contributed by atoms with Crippen molar-refractivity contribution < 1.29 is 9.53 Å². The van der Waals surface area contributed by atoms with Gasteiger partial charge in [0.2, 0.25) is 5.91 Å². The van der Waals surface area contributed by atoms with Gasteiger partial charge in [-0.25, -0.2) is 0 Å². The second-order valence-electron chi connectivity index (χ2n) is 5.44. The standard InChI is InChI=1S/C13H24N2O2.ClH/c1-9-5-6-14-10(2)13(9)15-12(16)8-11-4-3-7-17-11;/h9-11,13-14H,3-8H2,1-2H3,(H,15,16);1H. The van der Waals surface area contributed by atoms with Gasteiger partial charge in [-0.15, -0.1) is 12.4 Å². The van der Waals surface area contributed by atoms with Crippen LogP contribution in [0.15, 0.2) is 0 Å². The van der Waals surface area contributed by atoms with Gasteiger partial charge in [0, 0.05) is 18.7 Å². The summed E-state index contributed by atoms with van der Waals surface area (Å²) in [6, 6.07) is 0.629. The molecule has 0 aromatic carbocycles. The SMILES string of the molecule is CC1CCNC(C)C1NC(=O)CC1CCCO1.Cl. The summed E-state index contributed by atoms with van der Waals surface area (Å²) in [7, 11) is 0. The largest absolute Gasteiger partial charge is 0.378 e. The molecule has 0 aromatic heterocycles. The second kappa shape index (κ2) is 7.31. The molecule has 4 atom stereocenters. The molecule has 2 saturated heterocycles. The highest BCUT2D eigenvalue weighted by Gasteiger charge is 2.29. The topological polar surface area (TPSA) is 50.4 Å². The Balaban J connectivity index is 0.00000162. The van der Waals surface area contributed by atoms with Crippen LogP contribution in [-0.4, -0.2) is 37.2 Å². The molecule has 0 bridgehead atoms. The molecule has 18 heavy (non-hydrogen) atoms. The fourth-order valence-corrected chi connectivity index (χ4v) is 2.86. The summed E-state index contributed by atoms with van der Waals surface area (Å²) in [6.45, 7) is 6.23. The van der Waals surface area contributed by atoms with E-state index in [2.05, 4.69) is 24.5 Å². The van der Waals surface area contributed by atoms with Crippen LogP contribution in [0.1, 0.15) is 39.5 Å². The van der Waals surface area contributed by atoms with Gasteiger partial charge in [-0.1, -0.05) is 6.92 Å². The second-order valence-corrected chi connectivity index (χ2v) is 5.44. The Bertz CT molecular complexity index is 260. The van der Waals surface area contributed by atoms with Crippen LogP contribution in [0.4, 0.5) is 0 Å². The summed E-state index contributed by atoms with van der Waals surface area (Å²) in [5, 5.41) is 6.58. The number of piperidine rings is 1. The van der Waals surface area contributed by atoms with Gasteiger partial charge in [0.05, 0.1) is 12.5 Å². The van der Waals surface area contributed by atoms with Crippen LogP contribution in [-0.2, 0) is 9.53 Å². The number of carbonyl (C=O) groups is 1. The highest BCUT2D eigenvalue weighted by atomic mass is 35.5. The van der Waals surface area contributed by atoms with E-state index in [9.17, 15) is 4.79 Å². The molecule has 0 aliphatic carbocycles. The van der Waals surface area contributed by atoms with E-state index in [0.29, 0.717) is 18.4 Å². The lowest BCUT2D eigenvalue weighted by atomic mass is 9.89. The van der Waals surface area contributed by atoms with Crippen molar-refractivity contribution in [2.24, 2.45) is 5.92 Å². The van der Waals surface area contributed by atoms with Crippen LogP contribution in [0.2, 0.25) is 0 Å². The molecule has 2 rings (SSSR count). The third kappa shape index (κ3) is 4.11. The zero-order chi connectivity index (χ0) is 12.3. The van der Waals surface area contributed by atoms with Crippen molar-refractivity contribution in [2.45, 2.75) is 57.7 Å². The number of carbonyl (C=O) groups excluding carboxylic acids is 1. The third-order valence-corrected chi connectivity index (χ3v) is 3.98. The number of ether oxygens (including phenoxy) is 1. The van der Waals surface area contributed by atoms with Crippen molar-refractivity contribution in [1.82, 2.24) is 10.6 Å². The molecule has 0 saturated carbocycles. The Hall–Kier alpha value is -0.320. The molecule has 5 heteroatoms. The maximum Gasteiger partial charge on any atom is 0.222 e. The predicted octanol–water partition coefficient (Wildman–Crippen LogP) is 1.48. The number of rotatable bonds is 3. The van der Waals surface area contributed by atoms with Gasteiger partial charge in [-0.3, -0.25) is 4.79 Å². The molecule has 4 nitrogen and oxygen atoms in total. The van der Waals surface area contributed by atoms with Crippen LogP contribution in [0.5, 0.6) is 0 Å². The normalized spacial score (nSPS) is 35.9. The van der Waals surface area contributed by atoms with E-state index < -0.39 is 0 Å². The molecule has 1 amide bonds. The highest BCUT2D eigenvalue weighted by molar-refractivity contribution is 5.85. The summed E-state index contributed by atoms with van der Waals surface area (Å²) < 4.78 is 5.49. The van der Waals surface area contributed by atoms with Gasteiger partial charge in [0.25, 0.3) is 0 Å². The van der Waals surface area contributed by atoms with Crippen molar-refractivity contribution in [3.05, 3.63) is 0 Å². The first-order valence-corrected chi connectivity index (χ1v) is 6.81. The Kier molecular flexibility index (Phi) is 6.39. The lowest BCUT2D eigenvalue weighted by molar-refractivity contribution is -0.124. The zero-order valence-electron chi connectivity index (χ0n) is 11.3. The first kappa shape index (κ1) is 15.7. The third-order valence-electron chi connectivity index (χ3n) is 3.98. The van der Waals surface area contributed by atoms with E-state index in [1.165, 1.54) is 0 Å². The van der Waals surface area contributed by atoms with Crippen molar-refractivity contribution in [2.75, 3.05) is 13.2 Å². The molecule has 0 aromatic rings. The maximum absolute atomic E-state index is 11.9. The van der Waals surface area contributed by atoms with Gasteiger partial charge in [0.15, 0.2) is 0 Å². The van der Waals surface area contributed by atoms with Gasteiger partial charge < -0.3 is 15.4 Å². The van der Waals surface area contributed by atoms with Crippen molar-refractivity contribution in [3.8, 4) is 0 Å². The quantitative estimate of drug-likeness (QED) is 0.821. The number of amides is 1. The summed E-state index contributed by atoms with van der Waals surface area (Å²) in [4.78, 5) is 11.9. The summed E-state index contributed by atoms with van der Waals surface area (Å²) in [6.07, 6.45) is 3.93. The van der Waals surface area contributed by atoms with Gasteiger partial charge in [-0.05, 0) is 38.6 Å². The van der Waals surface area contributed by atoms with Gasteiger partial charge in [-0.2, -0.15) is 0 Å². The number of nitrogens with one attached hydrogen (secondary N) is 2. The average Bonchev–Trinajstić information content (AvgIpc) is 2.76.